The first-order chi connectivity index (χ1) is 9.33. The monoisotopic (exact) mass is 281 g/mol. The third kappa shape index (κ3) is 4.33. The van der Waals surface area contributed by atoms with E-state index < -0.39 is 0 Å². The Morgan fingerprint density at radius 2 is 2.16 bits per heavy atom. The van der Waals surface area contributed by atoms with Crippen molar-refractivity contribution in [3.8, 4) is 0 Å². The van der Waals surface area contributed by atoms with Crippen LogP contribution >= 0.6 is 11.8 Å². The molecule has 0 unspecified atom stereocenters. The number of rotatable bonds is 5. The lowest BCUT2D eigenvalue weighted by Crippen LogP contribution is -2.32. The van der Waals surface area contributed by atoms with Crippen molar-refractivity contribution in [2.24, 2.45) is 5.73 Å². The predicted molar refractivity (Wildman–Crippen MR) is 80.8 cm³/mol. The Kier molecular flexibility index (Phi) is 5.88. The molecule has 0 aliphatic carbocycles. The van der Waals surface area contributed by atoms with Crippen molar-refractivity contribution < 1.29 is 0 Å². The fourth-order valence-corrected chi connectivity index (χ4v) is 2.73. The largest absolute Gasteiger partial charge is 0.355 e. The van der Waals surface area contributed by atoms with Crippen LogP contribution < -0.4 is 10.6 Å². The second-order valence-electron chi connectivity index (χ2n) is 4.74. The molecule has 1 aliphatic heterocycles. The molecule has 0 spiro atoms. The van der Waals surface area contributed by atoms with E-state index in [0.29, 0.717) is 0 Å². The topological polar surface area (TPSA) is 58.3 Å². The van der Waals surface area contributed by atoms with Crippen molar-refractivity contribution in [2.75, 3.05) is 50.4 Å². The van der Waals surface area contributed by atoms with Gasteiger partial charge in [0.1, 0.15) is 17.2 Å². The van der Waals surface area contributed by atoms with Gasteiger partial charge < -0.3 is 15.5 Å². The normalized spacial score (nSPS) is 17.5. The molecule has 1 saturated heterocycles. The van der Waals surface area contributed by atoms with Gasteiger partial charge in [-0.3, -0.25) is 0 Å². The summed E-state index contributed by atoms with van der Waals surface area (Å²) in [6.45, 7) is 6.27. The van der Waals surface area contributed by atoms with Crippen LogP contribution in [-0.2, 0) is 0 Å². The van der Waals surface area contributed by atoms with Crippen LogP contribution in [0.4, 0.5) is 5.82 Å². The first kappa shape index (κ1) is 14.6. The molecule has 1 aromatic rings. The molecule has 5 nitrogen and oxygen atoms in total. The summed E-state index contributed by atoms with van der Waals surface area (Å²) in [6, 6.07) is 2.08. The smallest absolute Gasteiger partial charge is 0.133 e. The maximum absolute atomic E-state index is 5.58. The second-order valence-corrected chi connectivity index (χ2v) is 5.57. The molecule has 1 aromatic heterocycles. The summed E-state index contributed by atoms with van der Waals surface area (Å²) in [6.07, 6.45) is 5.98. The zero-order valence-electron chi connectivity index (χ0n) is 11.6. The van der Waals surface area contributed by atoms with Crippen LogP contribution in [0.1, 0.15) is 12.8 Å². The molecule has 0 atom stereocenters. The number of hydrogen-bond donors (Lipinski definition) is 1. The highest BCUT2D eigenvalue weighted by Gasteiger charge is 2.15. The van der Waals surface area contributed by atoms with Crippen molar-refractivity contribution in [1.82, 2.24) is 14.9 Å². The average Bonchev–Trinajstić information content (AvgIpc) is 2.70. The summed E-state index contributed by atoms with van der Waals surface area (Å²) in [7, 11) is 0. The molecule has 2 rings (SSSR count). The molecular weight excluding hydrogens is 258 g/mol. The van der Waals surface area contributed by atoms with E-state index in [9.17, 15) is 0 Å². The lowest BCUT2D eigenvalue weighted by Gasteiger charge is -2.22. The lowest BCUT2D eigenvalue weighted by molar-refractivity contribution is 0.291. The van der Waals surface area contributed by atoms with Gasteiger partial charge in [0.05, 0.1) is 0 Å². The van der Waals surface area contributed by atoms with Gasteiger partial charge in [0.15, 0.2) is 0 Å². The average molecular weight is 281 g/mol. The molecule has 1 fully saturated rings. The lowest BCUT2D eigenvalue weighted by atomic mass is 10.3. The maximum Gasteiger partial charge on any atom is 0.133 e. The van der Waals surface area contributed by atoms with E-state index >= 15 is 0 Å². The van der Waals surface area contributed by atoms with E-state index in [4.69, 9.17) is 5.73 Å². The maximum atomic E-state index is 5.58. The first-order valence-corrected chi connectivity index (χ1v) is 8.09. The van der Waals surface area contributed by atoms with Gasteiger partial charge in [-0.1, -0.05) is 0 Å². The summed E-state index contributed by atoms with van der Waals surface area (Å²) in [5.74, 6) is 1.06. The van der Waals surface area contributed by atoms with Crippen LogP contribution in [0.15, 0.2) is 17.4 Å². The number of hydrogen-bond acceptors (Lipinski definition) is 6. The summed E-state index contributed by atoms with van der Waals surface area (Å²) >= 11 is 1.66. The Labute approximate surface area is 119 Å². The molecular formula is C13H23N5S. The quantitative estimate of drug-likeness (QED) is 0.643. The Morgan fingerprint density at radius 3 is 2.95 bits per heavy atom. The van der Waals surface area contributed by atoms with Gasteiger partial charge in [0.25, 0.3) is 0 Å². The number of nitrogens with two attached hydrogens (primary N) is 1. The van der Waals surface area contributed by atoms with E-state index in [1.807, 2.05) is 6.26 Å². The van der Waals surface area contributed by atoms with Gasteiger partial charge in [-0.05, 0) is 38.7 Å². The highest BCUT2D eigenvalue weighted by Crippen LogP contribution is 2.18. The second kappa shape index (κ2) is 7.67. The molecule has 2 N–H and O–H groups in total. The van der Waals surface area contributed by atoms with Gasteiger partial charge in [0, 0.05) is 25.7 Å². The molecule has 6 heteroatoms. The zero-order valence-corrected chi connectivity index (χ0v) is 12.4. The standard InChI is InChI=1S/C13H23N5S/c1-19-13-10-12(15-11-16-13)18-7-3-6-17(8-9-18)5-2-4-14/h10-11H,2-9,14H2,1H3. The Morgan fingerprint density at radius 1 is 1.26 bits per heavy atom. The molecule has 0 bridgehead atoms. The number of thioether (sulfide) groups is 1. The van der Waals surface area contributed by atoms with Gasteiger partial charge in [0.2, 0.25) is 0 Å². The van der Waals surface area contributed by atoms with Gasteiger partial charge >= 0.3 is 0 Å². The highest BCUT2D eigenvalue weighted by atomic mass is 32.2. The van der Waals surface area contributed by atoms with E-state index in [-0.39, 0.29) is 0 Å². The molecule has 0 radical (unpaired) electrons. The third-order valence-electron chi connectivity index (χ3n) is 3.43. The number of anilines is 1. The van der Waals surface area contributed by atoms with Crippen molar-refractivity contribution in [2.45, 2.75) is 17.9 Å². The first-order valence-electron chi connectivity index (χ1n) is 6.87. The van der Waals surface area contributed by atoms with Gasteiger partial charge in [-0.25, -0.2) is 9.97 Å². The number of aromatic nitrogens is 2. The summed E-state index contributed by atoms with van der Waals surface area (Å²) in [4.78, 5) is 13.5. The summed E-state index contributed by atoms with van der Waals surface area (Å²) in [5.41, 5.74) is 5.58. The van der Waals surface area contributed by atoms with Crippen molar-refractivity contribution in [3.63, 3.8) is 0 Å². The summed E-state index contributed by atoms with van der Waals surface area (Å²) in [5, 5.41) is 1.04. The minimum absolute atomic E-state index is 0.781. The SMILES string of the molecule is CSc1cc(N2CCCN(CCCN)CC2)ncn1. The van der Waals surface area contributed by atoms with Gasteiger partial charge in [-0.2, -0.15) is 0 Å². The van der Waals surface area contributed by atoms with Crippen LogP contribution in [0.5, 0.6) is 0 Å². The van der Waals surface area contributed by atoms with Crippen LogP contribution in [-0.4, -0.2) is 60.4 Å². The minimum atomic E-state index is 0.781. The Balaban J connectivity index is 1.94. The van der Waals surface area contributed by atoms with E-state index in [0.717, 1.165) is 56.5 Å². The highest BCUT2D eigenvalue weighted by molar-refractivity contribution is 7.98. The van der Waals surface area contributed by atoms with Gasteiger partial charge in [-0.15, -0.1) is 11.8 Å². The van der Waals surface area contributed by atoms with E-state index in [1.165, 1.54) is 6.42 Å². The van der Waals surface area contributed by atoms with Crippen molar-refractivity contribution in [3.05, 3.63) is 12.4 Å². The molecule has 0 amide bonds. The van der Waals surface area contributed by atoms with Crippen LogP contribution in [0, 0.1) is 0 Å². The van der Waals surface area contributed by atoms with Crippen LogP contribution in [0.2, 0.25) is 0 Å². The number of nitrogens with zero attached hydrogens (tertiary/aromatic N) is 4. The molecule has 19 heavy (non-hydrogen) atoms. The van der Waals surface area contributed by atoms with Crippen molar-refractivity contribution >= 4 is 17.6 Å². The molecule has 2 heterocycles. The van der Waals surface area contributed by atoms with E-state index in [2.05, 4.69) is 25.8 Å². The third-order valence-corrected chi connectivity index (χ3v) is 4.07. The Bertz CT molecular complexity index is 387. The van der Waals surface area contributed by atoms with Crippen LogP contribution in [0.3, 0.4) is 0 Å². The summed E-state index contributed by atoms with van der Waals surface area (Å²) < 4.78 is 0. The van der Waals surface area contributed by atoms with E-state index in [1.54, 1.807) is 18.1 Å². The molecule has 0 saturated carbocycles. The zero-order chi connectivity index (χ0) is 13.5. The fourth-order valence-electron chi connectivity index (χ4n) is 2.35. The fraction of sp³-hybridized carbons (Fsp3) is 0.692. The Hall–Kier alpha value is -0.850. The van der Waals surface area contributed by atoms with Crippen molar-refractivity contribution in [1.29, 1.82) is 0 Å². The predicted octanol–water partition coefficient (Wildman–Crippen LogP) is 1.06. The molecule has 106 valence electrons. The molecule has 0 aromatic carbocycles. The van der Waals surface area contributed by atoms with Crippen LogP contribution in [0.25, 0.3) is 0 Å². The minimum Gasteiger partial charge on any atom is -0.355 e. The molecule has 1 aliphatic rings.